The molecule has 108 valence electrons. The van der Waals surface area contributed by atoms with Gasteiger partial charge in [-0.2, -0.15) is 11.8 Å². The summed E-state index contributed by atoms with van der Waals surface area (Å²) >= 11 is 3.84. The van der Waals surface area contributed by atoms with Crippen molar-refractivity contribution in [2.45, 2.75) is 6.54 Å². The molecule has 21 heavy (non-hydrogen) atoms. The molecule has 1 N–H and O–H groups in total. The first-order chi connectivity index (χ1) is 10.4. The molecule has 1 fully saturated rings. The molecule has 0 bridgehead atoms. The van der Waals surface area contributed by atoms with E-state index in [0.717, 1.165) is 12.2 Å². The van der Waals surface area contributed by atoms with Crippen molar-refractivity contribution in [3.8, 4) is 10.6 Å². The van der Waals surface area contributed by atoms with Crippen LogP contribution in [0.1, 0.15) is 5.56 Å². The van der Waals surface area contributed by atoms with Gasteiger partial charge in [0.05, 0.1) is 10.6 Å². The second kappa shape index (κ2) is 5.83. The van der Waals surface area contributed by atoms with Gasteiger partial charge in [0, 0.05) is 48.3 Å². The van der Waals surface area contributed by atoms with Crippen LogP contribution >= 0.6 is 23.1 Å². The summed E-state index contributed by atoms with van der Waals surface area (Å²) in [6.45, 7) is 3.38. The second-order valence-corrected chi connectivity index (χ2v) is 7.42. The number of aromatic nitrogens is 2. The summed E-state index contributed by atoms with van der Waals surface area (Å²) in [4.78, 5) is 11.9. The van der Waals surface area contributed by atoms with Crippen LogP contribution in [0.4, 0.5) is 0 Å². The Kier molecular flexibility index (Phi) is 3.71. The third kappa shape index (κ3) is 2.61. The lowest BCUT2D eigenvalue weighted by molar-refractivity contribution is 0.296. The van der Waals surface area contributed by atoms with Crippen molar-refractivity contribution in [1.82, 2.24) is 14.9 Å². The smallest absolute Gasteiger partial charge is 0.138 e. The molecule has 3 nitrogen and oxygen atoms in total. The molecule has 0 amide bonds. The maximum Gasteiger partial charge on any atom is 0.138 e. The van der Waals surface area contributed by atoms with E-state index in [1.807, 2.05) is 12.3 Å². The van der Waals surface area contributed by atoms with Crippen molar-refractivity contribution in [3.05, 3.63) is 41.4 Å². The molecule has 5 heteroatoms. The van der Waals surface area contributed by atoms with Crippen LogP contribution in [0.5, 0.6) is 0 Å². The van der Waals surface area contributed by atoms with Crippen molar-refractivity contribution in [2.24, 2.45) is 0 Å². The number of rotatable bonds is 3. The van der Waals surface area contributed by atoms with Gasteiger partial charge < -0.3 is 4.98 Å². The number of H-pyrrole nitrogens is 1. The van der Waals surface area contributed by atoms with Gasteiger partial charge in [0.2, 0.25) is 0 Å². The molecule has 4 rings (SSSR count). The quantitative estimate of drug-likeness (QED) is 0.797. The minimum Gasteiger partial charge on any atom is -0.338 e. The molecule has 0 spiro atoms. The van der Waals surface area contributed by atoms with E-state index in [4.69, 9.17) is 0 Å². The lowest BCUT2D eigenvalue weighted by Crippen LogP contribution is -2.32. The fourth-order valence-electron chi connectivity index (χ4n) is 2.86. The second-order valence-electron chi connectivity index (χ2n) is 5.24. The molecule has 3 aromatic heterocycles. The topological polar surface area (TPSA) is 31.9 Å². The summed E-state index contributed by atoms with van der Waals surface area (Å²) in [6, 6.07) is 8.51. The average Bonchev–Trinajstić information content (AvgIpc) is 3.16. The summed E-state index contributed by atoms with van der Waals surface area (Å²) < 4.78 is 0. The third-order valence-electron chi connectivity index (χ3n) is 3.93. The summed E-state index contributed by atoms with van der Waals surface area (Å²) in [6.07, 6.45) is 1.86. The monoisotopic (exact) mass is 315 g/mol. The summed E-state index contributed by atoms with van der Waals surface area (Å²) in [7, 11) is 0. The zero-order valence-corrected chi connectivity index (χ0v) is 13.3. The van der Waals surface area contributed by atoms with Gasteiger partial charge in [-0.3, -0.25) is 4.90 Å². The van der Waals surface area contributed by atoms with Gasteiger partial charge in [0.1, 0.15) is 5.65 Å². The van der Waals surface area contributed by atoms with Crippen molar-refractivity contribution in [1.29, 1.82) is 0 Å². The van der Waals surface area contributed by atoms with E-state index in [2.05, 4.69) is 50.2 Å². The lowest BCUT2D eigenvalue weighted by atomic mass is 10.1. The number of nitrogens with one attached hydrogen (secondary N) is 1. The Morgan fingerprint density at radius 2 is 2.10 bits per heavy atom. The summed E-state index contributed by atoms with van der Waals surface area (Å²) in [5.41, 5.74) is 3.65. The lowest BCUT2D eigenvalue weighted by Gasteiger charge is -2.26. The largest absolute Gasteiger partial charge is 0.338 e. The van der Waals surface area contributed by atoms with Gasteiger partial charge >= 0.3 is 0 Å². The molecule has 0 radical (unpaired) electrons. The molecule has 0 atom stereocenters. The number of thiophene rings is 1. The Hall–Kier alpha value is -1.30. The highest BCUT2D eigenvalue weighted by molar-refractivity contribution is 7.99. The van der Waals surface area contributed by atoms with Crippen molar-refractivity contribution in [2.75, 3.05) is 24.6 Å². The third-order valence-corrected chi connectivity index (χ3v) is 5.76. The molecule has 0 aromatic carbocycles. The first-order valence-corrected chi connectivity index (χ1v) is 9.25. The zero-order valence-electron chi connectivity index (χ0n) is 11.7. The maximum absolute atomic E-state index is 4.49. The minimum atomic E-state index is 1.00. The Morgan fingerprint density at radius 1 is 1.19 bits per heavy atom. The van der Waals surface area contributed by atoms with Gasteiger partial charge in [-0.15, -0.1) is 11.3 Å². The van der Waals surface area contributed by atoms with Crippen LogP contribution in [-0.4, -0.2) is 39.5 Å². The molecule has 1 saturated heterocycles. The van der Waals surface area contributed by atoms with E-state index >= 15 is 0 Å². The SMILES string of the molecule is c1csc(-c2[nH]c3ncccc3c2CN2CCSCC2)c1. The maximum atomic E-state index is 4.49. The predicted octanol–water partition coefficient (Wildman–Crippen LogP) is 3.84. The van der Waals surface area contributed by atoms with Crippen molar-refractivity contribution < 1.29 is 0 Å². The number of thioether (sulfide) groups is 1. The Balaban J connectivity index is 1.78. The molecule has 0 saturated carbocycles. The first-order valence-electron chi connectivity index (χ1n) is 7.21. The van der Waals surface area contributed by atoms with Gasteiger partial charge in [-0.05, 0) is 23.6 Å². The van der Waals surface area contributed by atoms with Crippen molar-refractivity contribution in [3.63, 3.8) is 0 Å². The fraction of sp³-hybridized carbons (Fsp3) is 0.312. The normalized spacial score (nSPS) is 16.6. The summed E-state index contributed by atoms with van der Waals surface area (Å²) in [5.74, 6) is 2.49. The number of nitrogens with zero attached hydrogens (tertiary/aromatic N) is 2. The van der Waals surface area contributed by atoms with E-state index in [1.54, 1.807) is 11.3 Å². The average molecular weight is 315 g/mol. The Labute approximate surface area is 132 Å². The van der Waals surface area contributed by atoms with Crippen LogP contribution in [0.25, 0.3) is 21.6 Å². The number of pyridine rings is 1. The van der Waals surface area contributed by atoms with Gasteiger partial charge in [0.15, 0.2) is 0 Å². The van der Waals surface area contributed by atoms with Crippen molar-refractivity contribution >= 4 is 34.1 Å². The number of aromatic amines is 1. The predicted molar refractivity (Wildman–Crippen MR) is 92.0 cm³/mol. The number of fused-ring (bicyclic) bond motifs is 1. The highest BCUT2D eigenvalue weighted by Crippen LogP contribution is 2.33. The number of hydrogen-bond donors (Lipinski definition) is 1. The van der Waals surface area contributed by atoms with Crippen LogP contribution in [0, 0.1) is 0 Å². The molecule has 0 aliphatic carbocycles. The zero-order chi connectivity index (χ0) is 14.1. The first kappa shape index (κ1) is 13.4. The molecule has 1 aliphatic heterocycles. The van der Waals surface area contributed by atoms with E-state index in [0.29, 0.717) is 0 Å². The van der Waals surface area contributed by atoms with E-state index in [-0.39, 0.29) is 0 Å². The highest BCUT2D eigenvalue weighted by atomic mass is 32.2. The van der Waals surface area contributed by atoms with Crippen LogP contribution < -0.4 is 0 Å². The molecule has 1 aliphatic rings. The van der Waals surface area contributed by atoms with Gasteiger partial charge in [-0.25, -0.2) is 4.98 Å². The minimum absolute atomic E-state index is 1.00. The summed E-state index contributed by atoms with van der Waals surface area (Å²) in [5, 5.41) is 3.40. The fourth-order valence-corrected chi connectivity index (χ4v) is 4.59. The molecule has 0 unspecified atom stereocenters. The Bertz CT molecular complexity index is 727. The van der Waals surface area contributed by atoms with Crippen LogP contribution in [0.15, 0.2) is 35.8 Å². The van der Waals surface area contributed by atoms with E-state index in [1.165, 1.54) is 46.1 Å². The highest BCUT2D eigenvalue weighted by Gasteiger charge is 2.18. The Morgan fingerprint density at radius 3 is 2.90 bits per heavy atom. The number of hydrogen-bond acceptors (Lipinski definition) is 4. The standard InChI is InChI=1S/C16H17N3S2/c1-3-12-13(11-19-6-9-20-10-7-19)15(14-4-2-8-21-14)18-16(12)17-5-1/h1-5,8H,6-7,9-11H2,(H,17,18). The molecular formula is C16H17N3S2. The van der Waals surface area contributed by atoms with E-state index < -0.39 is 0 Å². The van der Waals surface area contributed by atoms with Gasteiger partial charge in [-0.1, -0.05) is 6.07 Å². The van der Waals surface area contributed by atoms with E-state index in [9.17, 15) is 0 Å². The van der Waals surface area contributed by atoms with Crippen LogP contribution in [-0.2, 0) is 6.54 Å². The molecule has 4 heterocycles. The molecule has 3 aromatic rings. The molecular weight excluding hydrogens is 298 g/mol. The van der Waals surface area contributed by atoms with Gasteiger partial charge in [0.25, 0.3) is 0 Å². The van der Waals surface area contributed by atoms with Crippen LogP contribution in [0.2, 0.25) is 0 Å². The van der Waals surface area contributed by atoms with Crippen LogP contribution in [0.3, 0.4) is 0 Å².